The first-order chi connectivity index (χ1) is 15.9. The topological polar surface area (TPSA) is 74.5 Å². The second-order valence-electron chi connectivity index (χ2n) is 9.50. The maximum absolute atomic E-state index is 12.6. The van der Waals surface area contributed by atoms with Gasteiger partial charge in [-0.1, -0.05) is 36.7 Å². The molecule has 0 amide bonds. The zero-order valence-electron chi connectivity index (χ0n) is 19.2. The lowest BCUT2D eigenvalue weighted by atomic mass is 9.85. The molecular formula is C24H31N5O2S2. The van der Waals surface area contributed by atoms with Gasteiger partial charge in [-0.3, -0.25) is 4.79 Å². The number of aromatic nitrogens is 3. The third-order valence-corrected chi connectivity index (χ3v) is 8.88. The maximum atomic E-state index is 12.6. The van der Waals surface area contributed by atoms with Gasteiger partial charge in [-0.25, -0.2) is 9.67 Å². The zero-order chi connectivity index (χ0) is 23.0. The number of hydrogen-bond donors (Lipinski definition) is 1. The quantitative estimate of drug-likeness (QED) is 0.570. The van der Waals surface area contributed by atoms with E-state index in [4.69, 9.17) is 10.1 Å². The molecule has 1 aliphatic heterocycles. The van der Waals surface area contributed by atoms with Gasteiger partial charge in [0.15, 0.2) is 5.13 Å². The fourth-order valence-corrected chi connectivity index (χ4v) is 6.73. The van der Waals surface area contributed by atoms with Crippen molar-refractivity contribution >= 4 is 27.8 Å². The molecule has 1 unspecified atom stereocenters. The van der Waals surface area contributed by atoms with E-state index < -0.39 is 5.60 Å². The van der Waals surface area contributed by atoms with Crippen LogP contribution in [-0.4, -0.2) is 63.6 Å². The third kappa shape index (κ3) is 4.77. The molecule has 5 rings (SSSR count). The molecule has 4 heterocycles. The minimum atomic E-state index is -0.847. The highest BCUT2D eigenvalue weighted by Gasteiger charge is 2.31. The van der Waals surface area contributed by atoms with E-state index >= 15 is 0 Å². The van der Waals surface area contributed by atoms with Crippen LogP contribution in [0.15, 0.2) is 34.4 Å². The van der Waals surface area contributed by atoms with Crippen molar-refractivity contribution in [2.24, 2.45) is 0 Å². The van der Waals surface area contributed by atoms with Crippen LogP contribution in [0.1, 0.15) is 38.5 Å². The Bertz CT molecular complexity index is 1150. The number of anilines is 1. The lowest BCUT2D eigenvalue weighted by Gasteiger charge is -2.31. The van der Waals surface area contributed by atoms with Crippen LogP contribution < -0.4 is 10.5 Å². The maximum Gasteiger partial charge on any atom is 0.266 e. The molecule has 1 atom stereocenters. The first-order valence-electron chi connectivity index (χ1n) is 11.7. The Morgan fingerprint density at radius 2 is 2.03 bits per heavy atom. The summed E-state index contributed by atoms with van der Waals surface area (Å²) in [7, 11) is 4.26. The van der Waals surface area contributed by atoms with E-state index in [1.165, 1.54) is 4.68 Å². The van der Waals surface area contributed by atoms with Crippen molar-refractivity contribution in [3.05, 3.63) is 40.0 Å². The van der Waals surface area contributed by atoms with E-state index in [0.29, 0.717) is 6.04 Å². The molecule has 0 bridgehead atoms. The molecule has 0 radical (unpaired) electrons. The van der Waals surface area contributed by atoms with Gasteiger partial charge in [0.1, 0.15) is 11.4 Å². The van der Waals surface area contributed by atoms with Crippen LogP contribution in [0.3, 0.4) is 0 Å². The van der Waals surface area contributed by atoms with Gasteiger partial charge in [0.2, 0.25) is 0 Å². The van der Waals surface area contributed by atoms with E-state index in [9.17, 15) is 9.90 Å². The number of rotatable bonds is 6. The summed E-state index contributed by atoms with van der Waals surface area (Å²) in [6, 6.07) is 8.02. The van der Waals surface area contributed by atoms with E-state index in [-0.39, 0.29) is 12.1 Å². The summed E-state index contributed by atoms with van der Waals surface area (Å²) in [5.74, 6) is 0. The van der Waals surface area contributed by atoms with Gasteiger partial charge >= 0.3 is 0 Å². The standard InChI is InChI=1S/C24H31N5O2S2/c1-27(2)17-10-13-28(15-17)23-25-21(19-7-6-14-32-19)22(33-23)18-8-9-20(30)29(26-18)16-24(31)11-4-3-5-12-24/h6-9,14,17,31H,3-5,10-13,15-16H2,1-2H3. The minimum Gasteiger partial charge on any atom is -0.388 e. The molecule has 3 aromatic heterocycles. The summed E-state index contributed by atoms with van der Waals surface area (Å²) < 4.78 is 1.45. The Morgan fingerprint density at radius 3 is 2.73 bits per heavy atom. The van der Waals surface area contributed by atoms with Gasteiger partial charge in [-0.2, -0.15) is 5.10 Å². The van der Waals surface area contributed by atoms with Crippen LogP contribution in [0.4, 0.5) is 5.13 Å². The number of hydrogen-bond acceptors (Lipinski definition) is 8. The van der Waals surface area contributed by atoms with Crippen molar-refractivity contribution in [3.8, 4) is 21.1 Å². The van der Waals surface area contributed by atoms with Gasteiger partial charge in [-0.05, 0) is 50.9 Å². The molecular weight excluding hydrogens is 454 g/mol. The van der Waals surface area contributed by atoms with Crippen LogP contribution >= 0.6 is 22.7 Å². The first-order valence-corrected chi connectivity index (χ1v) is 13.4. The number of nitrogens with zero attached hydrogens (tertiary/aromatic N) is 5. The fourth-order valence-electron chi connectivity index (χ4n) is 4.87. The molecule has 1 N–H and O–H groups in total. The molecule has 1 saturated carbocycles. The van der Waals surface area contributed by atoms with E-state index in [2.05, 4.69) is 35.3 Å². The minimum absolute atomic E-state index is 0.173. The summed E-state index contributed by atoms with van der Waals surface area (Å²) in [5.41, 5.74) is 0.644. The third-order valence-electron chi connectivity index (χ3n) is 6.86. The van der Waals surface area contributed by atoms with Crippen molar-refractivity contribution < 1.29 is 5.11 Å². The van der Waals surface area contributed by atoms with Gasteiger partial charge in [-0.15, -0.1) is 11.3 Å². The largest absolute Gasteiger partial charge is 0.388 e. The molecule has 0 spiro atoms. The molecule has 3 aromatic rings. The number of aliphatic hydroxyl groups is 1. The molecule has 0 aromatic carbocycles. The number of likely N-dealkylation sites (N-methyl/N-ethyl adjacent to an activating group) is 1. The van der Waals surface area contributed by atoms with Gasteiger partial charge in [0, 0.05) is 25.2 Å². The van der Waals surface area contributed by atoms with Crippen molar-refractivity contribution in [2.75, 3.05) is 32.1 Å². The van der Waals surface area contributed by atoms with Crippen LogP contribution in [0.2, 0.25) is 0 Å². The van der Waals surface area contributed by atoms with Crippen LogP contribution in [0.25, 0.3) is 21.1 Å². The van der Waals surface area contributed by atoms with Crippen molar-refractivity contribution in [2.45, 2.75) is 56.7 Å². The average Bonchev–Trinajstić information content (AvgIpc) is 3.55. The average molecular weight is 486 g/mol. The van der Waals surface area contributed by atoms with Crippen molar-refractivity contribution in [1.82, 2.24) is 19.7 Å². The van der Waals surface area contributed by atoms with Gasteiger partial charge in [0.25, 0.3) is 5.56 Å². The molecule has 7 nitrogen and oxygen atoms in total. The van der Waals surface area contributed by atoms with Crippen molar-refractivity contribution in [1.29, 1.82) is 0 Å². The predicted molar refractivity (Wildman–Crippen MR) is 135 cm³/mol. The fraction of sp³-hybridized carbons (Fsp3) is 0.542. The molecule has 1 saturated heterocycles. The number of thiophene rings is 1. The summed E-state index contributed by atoms with van der Waals surface area (Å²) in [5, 5.41) is 18.8. The smallest absolute Gasteiger partial charge is 0.266 e. The number of thiazole rings is 1. The Balaban J connectivity index is 1.50. The Labute approximate surface area is 202 Å². The summed E-state index contributed by atoms with van der Waals surface area (Å²) in [4.78, 5) is 24.4. The van der Waals surface area contributed by atoms with Crippen LogP contribution in [0, 0.1) is 0 Å². The van der Waals surface area contributed by atoms with Gasteiger partial charge < -0.3 is 14.9 Å². The highest BCUT2D eigenvalue weighted by atomic mass is 32.1. The van der Waals surface area contributed by atoms with E-state index in [1.807, 2.05) is 6.07 Å². The summed E-state index contributed by atoms with van der Waals surface area (Å²) >= 11 is 3.31. The molecule has 1 aliphatic carbocycles. The Morgan fingerprint density at radius 1 is 1.21 bits per heavy atom. The van der Waals surface area contributed by atoms with Crippen LogP contribution in [-0.2, 0) is 6.54 Å². The summed E-state index contributed by atoms with van der Waals surface area (Å²) in [6.07, 6.45) is 5.70. The van der Waals surface area contributed by atoms with Gasteiger partial charge in [0.05, 0.1) is 21.9 Å². The van der Waals surface area contributed by atoms with E-state index in [1.54, 1.807) is 34.8 Å². The molecule has 2 aliphatic rings. The lowest BCUT2D eigenvalue weighted by molar-refractivity contribution is -0.0153. The monoisotopic (exact) mass is 485 g/mol. The summed E-state index contributed by atoms with van der Waals surface area (Å²) in [6.45, 7) is 2.19. The van der Waals surface area contributed by atoms with Crippen molar-refractivity contribution in [3.63, 3.8) is 0 Å². The van der Waals surface area contributed by atoms with E-state index in [0.717, 1.165) is 77.9 Å². The zero-order valence-corrected chi connectivity index (χ0v) is 20.9. The highest BCUT2D eigenvalue weighted by molar-refractivity contribution is 7.20. The second-order valence-corrected chi connectivity index (χ2v) is 11.4. The van der Waals surface area contributed by atoms with Crippen LogP contribution in [0.5, 0.6) is 0 Å². The second kappa shape index (κ2) is 9.29. The molecule has 9 heteroatoms. The predicted octanol–water partition coefficient (Wildman–Crippen LogP) is 3.93. The molecule has 2 fully saturated rings. The Hall–Kier alpha value is -2.07. The first kappa shape index (κ1) is 22.7. The molecule has 176 valence electrons. The molecule has 33 heavy (non-hydrogen) atoms. The SMILES string of the molecule is CN(C)C1CCN(c2nc(-c3cccs3)c(-c3ccc(=O)n(CC4(O)CCCCC4)n3)s2)C1. The Kier molecular flexibility index (Phi) is 6.39. The lowest BCUT2D eigenvalue weighted by Crippen LogP contribution is -2.40. The highest BCUT2D eigenvalue weighted by Crippen LogP contribution is 2.42. The normalized spacial score (nSPS) is 20.6.